The molecule has 19 heavy (non-hydrogen) atoms. The maximum absolute atomic E-state index is 4.52. The topological polar surface area (TPSA) is 65.1 Å². The second kappa shape index (κ2) is 8.92. The van der Waals surface area contributed by atoms with Crippen molar-refractivity contribution in [3.63, 3.8) is 0 Å². The van der Waals surface area contributed by atoms with Crippen LogP contribution in [-0.4, -0.2) is 22.7 Å². The summed E-state index contributed by atoms with van der Waals surface area (Å²) in [4.78, 5) is 4.52. The van der Waals surface area contributed by atoms with Crippen molar-refractivity contribution in [3.05, 3.63) is 40.3 Å². The molecular weight excluding hydrogens is 373 g/mol. The number of thiophene rings is 1. The number of aromatic amines is 1. The Balaban J connectivity index is 0.00000180. The number of hydrogen-bond donors (Lipinski definition) is 3. The minimum absolute atomic E-state index is 0. The van der Waals surface area contributed by atoms with Gasteiger partial charge < -0.3 is 10.6 Å². The van der Waals surface area contributed by atoms with Gasteiger partial charge in [0.05, 0.1) is 18.8 Å². The van der Waals surface area contributed by atoms with Crippen molar-refractivity contribution < 1.29 is 0 Å². The van der Waals surface area contributed by atoms with Crippen LogP contribution in [0.4, 0.5) is 0 Å². The molecule has 0 unspecified atom stereocenters. The smallest absolute Gasteiger partial charge is 0.191 e. The van der Waals surface area contributed by atoms with Gasteiger partial charge >= 0.3 is 0 Å². The van der Waals surface area contributed by atoms with Crippen LogP contribution in [0.25, 0.3) is 0 Å². The molecule has 5 nitrogen and oxygen atoms in total. The molecule has 0 saturated heterocycles. The largest absolute Gasteiger partial charge is 0.357 e. The first-order valence-electron chi connectivity index (χ1n) is 5.90. The molecule has 7 heteroatoms. The zero-order valence-electron chi connectivity index (χ0n) is 10.7. The van der Waals surface area contributed by atoms with Gasteiger partial charge in [0.15, 0.2) is 5.96 Å². The molecule has 0 saturated carbocycles. The van der Waals surface area contributed by atoms with Crippen LogP contribution in [0.3, 0.4) is 0 Å². The Morgan fingerprint density at radius 3 is 2.95 bits per heavy atom. The van der Waals surface area contributed by atoms with Gasteiger partial charge in [-0.25, -0.2) is 4.99 Å². The Kier molecular flexibility index (Phi) is 7.49. The van der Waals surface area contributed by atoms with Crippen molar-refractivity contribution in [2.24, 2.45) is 4.99 Å². The lowest BCUT2D eigenvalue weighted by Crippen LogP contribution is -2.36. The molecule has 0 atom stereocenters. The molecule has 2 rings (SSSR count). The zero-order valence-corrected chi connectivity index (χ0v) is 13.9. The van der Waals surface area contributed by atoms with E-state index in [1.807, 2.05) is 6.07 Å². The second-order valence-electron chi connectivity index (χ2n) is 3.76. The molecule has 0 aromatic carbocycles. The number of H-pyrrole nitrogens is 1. The van der Waals surface area contributed by atoms with E-state index in [0.29, 0.717) is 13.1 Å². The third-order valence-electron chi connectivity index (χ3n) is 2.35. The van der Waals surface area contributed by atoms with Gasteiger partial charge in [0, 0.05) is 12.7 Å². The molecule has 0 aliphatic heterocycles. The minimum Gasteiger partial charge on any atom is -0.357 e. The standard InChI is InChI=1S/C12H17N5S.HI/c1-2-13-12(14-7-10-4-6-18-9-10)15-8-11-3-5-16-17-11;/h3-6,9H,2,7-8H2,1H3,(H,16,17)(H2,13,14,15);1H. The molecule has 0 fully saturated rings. The summed E-state index contributed by atoms with van der Waals surface area (Å²) in [5, 5.41) is 17.5. The first kappa shape index (κ1) is 16.0. The highest BCUT2D eigenvalue weighted by Gasteiger charge is 1.99. The fourth-order valence-electron chi connectivity index (χ4n) is 1.46. The van der Waals surface area contributed by atoms with Gasteiger partial charge in [-0.15, -0.1) is 24.0 Å². The predicted molar refractivity (Wildman–Crippen MR) is 90.0 cm³/mol. The fraction of sp³-hybridized carbons (Fsp3) is 0.333. The Morgan fingerprint density at radius 1 is 1.42 bits per heavy atom. The van der Waals surface area contributed by atoms with Gasteiger partial charge in [0.1, 0.15) is 0 Å². The number of guanidine groups is 1. The average molecular weight is 391 g/mol. The van der Waals surface area contributed by atoms with E-state index in [1.165, 1.54) is 5.56 Å². The molecule has 104 valence electrons. The Bertz CT molecular complexity index is 466. The molecule has 0 radical (unpaired) electrons. The zero-order chi connectivity index (χ0) is 12.6. The van der Waals surface area contributed by atoms with Crippen molar-refractivity contribution in [1.82, 2.24) is 20.8 Å². The summed E-state index contributed by atoms with van der Waals surface area (Å²) in [7, 11) is 0. The lowest BCUT2D eigenvalue weighted by Gasteiger charge is -2.09. The van der Waals surface area contributed by atoms with Crippen molar-refractivity contribution >= 4 is 41.3 Å². The van der Waals surface area contributed by atoms with Gasteiger partial charge in [0.2, 0.25) is 0 Å². The van der Waals surface area contributed by atoms with Gasteiger partial charge in [0.25, 0.3) is 0 Å². The number of nitrogens with one attached hydrogen (secondary N) is 3. The number of halogens is 1. The van der Waals surface area contributed by atoms with E-state index in [-0.39, 0.29) is 24.0 Å². The van der Waals surface area contributed by atoms with Gasteiger partial charge in [-0.2, -0.15) is 16.4 Å². The minimum atomic E-state index is 0. The Morgan fingerprint density at radius 2 is 2.32 bits per heavy atom. The molecular formula is C12H18IN5S. The summed E-state index contributed by atoms with van der Waals surface area (Å²) in [6, 6.07) is 4.03. The number of aromatic nitrogens is 2. The fourth-order valence-corrected chi connectivity index (χ4v) is 2.12. The summed E-state index contributed by atoms with van der Waals surface area (Å²) >= 11 is 1.69. The first-order chi connectivity index (χ1) is 8.88. The van der Waals surface area contributed by atoms with Crippen LogP contribution < -0.4 is 10.6 Å². The maximum atomic E-state index is 4.52. The van der Waals surface area contributed by atoms with Crippen LogP contribution in [0.5, 0.6) is 0 Å². The van der Waals surface area contributed by atoms with E-state index in [0.717, 1.165) is 18.2 Å². The SMILES string of the molecule is CCNC(=NCc1ccsc1)NCc1ccn[nH]1.I. The highest BCUT2D eigenvalue weighted by Crippen LogP contribution is 2.06. The molecule has 2 aromatic heterocycles. The third-order valence-corrected chi connectivity index (χ3v) is 3.08. The molecule has 0 bridgehead atoms. The lowest BCUT2D eigenvalue weighted by atomic mass is 10.3. The van der Waals surface area contributed by atoms with E-state index in [1.54, 1.807) is 17.5 Å². The van der Waals surface area contributed by atoms with Crippen LogP contribution in [0.2, 0.25) is 0 Å². The number of nitrogens with zero attached hydrogens (tertiary/aromatic N) is 2. The molecule has 0 amide bonds. The summed E-state index contributed by atoms with van der Waals surface area (Å²) < 4.78 is 0. The van der Waals surface area contributed by atoms with E-state index in [4.69, 9.17) is 0 Å². The summed E-state index contributed by atoms with van der Waals surface area (Å²) in [5.41, 5.74) is 2.27. The van der Waals surface area contributed by atoms with Gasteiger partial charge in [-0.3, -0.25) is 5.10 Å². The summed E-state index contributed by atoms with van der Waals surface area (Å²) in [5.74, 6) is 0.818. The molecule has 0 aliphatic carbocycles. The second-order valence-corrected chi connectivity index (χ2v) is 4.54. The first-order valence-corrected chi connectivity index (χ1v) is 6.84. The molecule has 2 aromatic rings. The van der Waals surface area contributed by atoms with Crippen molar-refractivity contribution in [3.8, 4) is 0 Å². The van der Waals surface area contributed by atoms with E-state index in [9.17, 15) is 0 Å². The Labute approximate surface area is 133 Å². The number of rotatable bonds is 5. The quantitative estimate of drug-likeness (QED) is 0.417. The molecule has 2 heterocycles. The van der Waals surface area contributed by atoms with Crippen LogP contribution >= 0.6 is 35.3 Å². The Hall–Kier alpha value is -1.09. The highest BCUT2D eigenvalue weighted by atomic mass is 127. The number of aliphatic imine (C=N–C) groups is 1. The van der Waals surface area contributed by atoms with Crippen LogP contribution in [0, 0.1) is 0 Å². The van der Waals surface area contributed by atoms with Gasteiger partial charge in [-0.05, 0) is 35.4 Å². The molecule has 0 aliphatic rings. The monoisotopic (exact) mass is 391 g/mol. The highest BCUT2D eigenvalue weighted by molar-refractivity contribution is 14.0. The normalized spacial score (nSPS) is 10.9. The average Bonchev–Trinajstić information content (AvgIpc) is 3.05. The third kappa shape index (κ3) is 5.60. The van der Waals surface area contributed by atoms with Crippen molar-refractivity contribution in [2.75, 3.05) is 6.54 Å². The number of hydrogen-bond acceptors (Lipinski definition) is 3. The van der Waals surface area contributed by atoms with Gasteiger partial charge in [-0.1, -0.05) is 0 Å². The summed E-state index contributed by atoms with van der Waals surface area (Å²) in [6.45, 7) is 4.29. The van der Waals surface area contributed by atoms with Crippen LogP contribution in [0.15, 0.2) is 34.1 Å². The van der Waals surface area contributed by atoms with Crippen molar-refractivity contribution in [2.45, 2.75) is 20.0 Å². The van der Waals surface area contributed by atoms with E-state index < -0.39 is 0 Å². The molecule has 0 spiro atoms. The van der Waals surface area contributed by atoms with Crippen LogP contribution in [0.1, 0.15) is 18.2 Å². The van der Waals surface area contributed by atoms with E-state index in [2.05, 4.69) is 49.6 Å². The van der Waals surface area contributed by atoms with E-state index >= 15 is 0 Å². The lowest BCUT2D eigenvalue weighted by molar-refractivity contribution is 0.795. The summed E-state index contributed by atoms with van der Waals surface area (Å²) in [6.07, 6.45) is 1.74. The van der Waals surface area contributed by atoms with Crippen molar-refractivity contribution in [1.29, 1.82) is 0 Å². The molecule has 3 N–H and O–H groups in total. The van der Waals surface area contributed by atoms with Crippen LogP contribution in [-0.2, 0) is 13.1 Å². The predicted octanol–water partition coefficient (Wildman–Crippen LogP) is 2.34. The maximum Gasteiger partial charge on any atom is 0.191 e.